The lowest BCUT2D eigenvalue weighted by Crippen LogP contribution is -2.57. The number of nitrogens with zero attached hydrogens (tertiary/aromatic N) is 1. The van der Waals surface area contributed by atoms with Gasteiger partial charge in [-0.05, 0) is 50.9 Å². The van der Waals surface area contributed by atoms with E-state index in [9.17, 15) is 0 Å². The van der Waals surface area contributed by atoms with E-state index < -0.39 is 13.9 Å². The van der Waals surface area contributed by atoms with Crippen LogP contribution < -0.4 is 0 Å². The Balaban J connectivity index is 5.10. The van der Waals surface area contributed by atoms with Crippen molar-refractivity contribution in [2.45, 2.75) is 70.1 Å². The monoisotopic (exact) mass is 481 g/mol. The molecule has 194 valence electrons. The lowest BCUT2D eigenvalue weighted by molar-refractivity contribution is -0.0946. The molecule has 8 nitrogen and oxygen atoms in total. The highest BCUT2D eigenvalue weighted by atomic mass is 28.4. The summed E-state index contributed by atoms with van der Waals surface area (Å²) >= 11 is 0. The average Bonchev–Trinajstić information content (AvgIpc) is 2.73. The predicted octanol–water partition coefficient (Wildman–Crippen LogP) is 2.27. The minimum atomic E-state index is -1.78. The molecule has 32 heavy (non-hydrogen) atoms. The van der Waals surface area contributed by atoms with E-state index in [0.29, 0.717) is 65.5 Å². The van der Waals surface area contributed by atoms with Gasteiger partial charge < -0.3 is 34.0 Å². The number of rotatable bonds is 21. The highest BCUT2D eigenvalue weighted by Crippen LogP contribution is 2.36. The summed E-state index contributed by atoms with van der Waals surface area (Å²) in [4.78, 5) is 2.22. The van der Waals surface area contributed by atoms with Gasteiger partial charge in [0.1, 0.15) is 0 Å². The van der Waals surface area contributed by atoms with Crippen LogP contribution in [0.5, 0.6) is 0 Å². The average molecular weight is 482 g/mol. The molecule has 0 aliphatic rings. The molecule has 0 saturated carbocycles. The first-order valence-electron chi connectivity index (χ1n) is 12.0. The zero-order valence-electron chi connectivity index (χ0n) is 21.5. The molecule has 0 radical (unpaired) electrons. The van der Waals surface area contributed by atoms with Gasteiger partial charge in [-0.25, -0.2) is 0 Å². The number of aliphatic hydroxyl groups is 3. The Morgan fingerprint density at radius 3 is 1.44 bits per heavy atom. The van der Waals surface area contributed by atoms with Crippen molar-refractivity contribution in [1.82, 2.24) is 4.90 Å². The molecule has 0 spiro atoms. The quantitative estimate of drug-likeness (QED) is 0.170. The maximum atomic E-state index is 9.07. The minimum Gasteiger partial charge on any atom is -0.417 e. The second-order valence-corrected chi connectivity index (χ2v) is 14.8. The van der Waals surface area contributed by atoms with Crippen molar-refractivity contribution in [3.05, 3.63) is 0 Å². The van der Waals surface area contributed by atoms with Gasteiger partial charge in [0.25, 0.3) is 0 Å². The molecule has 0 aliphatic carbocycles. The van der Waals surface area contributed by atoms with Gasteiger partial charge in [0, 0.05) is 52.8 Å². The maximum absolute atomic E-state index is 9.07. The third-order valence-corrected chi connectivity index (χ3v) is 10.7. The number of likely N-dealkylation sites (N-methyl/N-ethyl adjacent to an activating group) is 1. The van der Waals surface area contributed by atoms with E-state index >= 15 is 0 Å². The third-order valence-electron chi connectivity index (χ3n) is 6.17. The number of ether oxygens (including phenoxy) is 3. The Kier molecular flexibility index (Phi) is 17.3. The molecule has 0 aliphatic heterocycles. The van der Waals surface area contributed by atoms with Gasteiger partial charge in [0.05, 0.1) is 25.4 Å². The fourth-order valence-electron chi connectivity index (χ4n) is 2.82. The topological polar surface area (TPSA) is 101 Å². The Morgan fingerprint density at radius 2 is 1.09 bits per heavy atom. The number of aliphatic hydroxyl groups excluding tert-OH is 3. The summed E-state index contributed by atoms with van der Waals surface area (Å²) in [5, 5.41) is 27.4. The molecule has 0 bridgehead atoms. The fraction of sp³-hybridized carbons (Fsp3) is 1.00. The van der Waals surface area contributed by atoms with Gasteiger partial charge in [-0.15, -0.1) is 0 Å². The van der Waals surface area contributed by atoms with Gasteiger partial charge in [0.15, 0.2) is 8.32 Å². The molecular formula is C23H51NO7Si. The first-order valence-corrected chi connectivity index (χ1v) is 14.9. The fourth-order valence-corrected chi connectivity index (χ4v) is 3.91. The second kappa shape index (κ2) is 17.3. The van der Waals surface area contributed by atoms with E-state index in [1.165, 1.54) is 0 Å². The standard InChI is InChI=1S/C23H51NO7Si/c1-22(2,3)32(5,6)31-18-7-11-24(4)23(19-28-15-8-12-25,20-29-16-9-13-26)21-30-17-10-14-27/h25-27H,7-21H2,1-6H3. The van der Waals surface area contributed by atoms with E-state index in [0.717, 1.165) is 13.0 Å². The van der Waals surface area contributed by atoms with Crippen LogP contribution in [0.25, 0.3) is 0 Å². The van der Waals surface area contributed by atoms with E-state index in [1.807, 2.05) is 7.05 Å². The molecule has 0 amide bonds. The first kappa shape index (κ1) is 31.9. The van der Waals surface area contributed by atoms with Crippen LogP contribution >= 0.6 is 0 Å². The van der Waals surface area contributed by atoms with Gasteiger partial charge in [-0.2, -0.15) is 0 Å². The Labute approximate surface area is 197 Å². The zero-order valence-corrected chi connectivity index (χ0v) is 22.5. The van der Waals surface area contributed by atoms with Crippen molar-refractivity contribution in [3.8, 4) is 0 Å². The van der Waals surface area contributed by atoms with E-state index in [4.69, 9.17) is 34.0 Å². The third kappa shape index (κ3) is 13.0. The normalized spacial score (nSPS) is 13.3. The van der Waals surface area contributed by atoms with Crippen molar-refractivity contribution in [1.29, 1.82) is 0 Å². The van der Waals surface area contributed by atoms with Crippen molar-refractivity contribution >= 4 is 8.32 Å². The summed E-state index contributed by atoms with van der Waals surface area (Å²) in [6, 6.07) is 0. The summed E-state index contributed by atoms with van der Waals surface area (Å²) < 4.78 is 24.0. The van der Waals surface area contributed by atoms with Gasteiger partial charge in [0.2, 0.25) is 0 Å². The van der Waals surface area contributed by atoms with Crippen LogP contribution in [0.15, 0.2) is 0 Å². The Bertz CT molecular complexity index is 415. The summed E-state index contributed by atoms with van der Waals surface area (Å²) in [5.41, 5.74) is -0.503. The Morgan fingerprint density at radius 1 is 0.688 bits per heavy atom. The molecule has 0 atom stereocenters. The predicted molar refractivity (Wildman–Crippen MR) is 131 cm³/mol. The number of hydrogen-bond acceptors (Lipinski definition) is 8. The molecule has 9 heteroatoms. The van der Waals surface area contributed by atoms with Crippen LogP contribution in [0, 0.1) is 0 Å². The summed E-state index contributed by atoms with van der Waals surface area (Å²) in [6.07, 6.45) is 2.62. The second-order valence-electron chi connectivity index (χ2n) is 10.00. The molecule has 0 heterocycles. The lowest BCUT2D eigenvalue weighted by Gasteiger charge is -2.42. The SMILES string of the molecule is CN(CCCO[Si](C)(C)C(C)(C)C)C(COCCCO)(COCCCO)COCCCO. The van der Waals surface area contributed by atoms with Gasteiger partial charge >= 0.3 is 0 Å². The van der Waals surface area contributed by atoms with Crippen molar-refractivity contribution < 1.29 is 34.0 Å². The molecule has 0 rings (SSSR count). The van der Waals surface area contributed by atoms with Crippen LogP contribution in [0.4, 0.5) is 0 Å². The van der Waals surface area contributed by atoms with Crippen LogP contribution in [0.1, 0.15) is 46.5 Å². The van der Waals surface area contributed by atoms with Crippen LogP contribution in [0.2, 0.25) is 18.1 Å². The van der Waals surface area contributed by atoms with Gasteiger partial charge in [-0.3, -0.25) is 4.90 Å². The molecule has 0 saturated heterocycles. The molecule has 0 aromatic carbocycles. The molecule has 3 N–H and O–H groups in total. The van der Waals surface area contributed by atoms with Gasteiger partial charge in [-0.1, -0.05) is 20.8 Å². The molecular weight excluding hydrogens is 430 g/mol. The largest absolute Gasteiger partial charge is 0.417 e. The highest BCUT2D eigenvalue weighted by Gasteiger charge is 2.38. The van der Waals surface area contributed by atoms with Crippen molar-refractivity contribution in [2.24, 2.45) is 0 Å². The highest BCUT2D eigenvalue weighted by molar-refractivity contribution is 6.74. The number of hydrogen-bond donors (Lipinski definition) is 3. The van der Waals surface area contributed by atoms with E-state index in [-0.39, 0.29) is 24.9 Å². The summed E-state index contributed by atoms with van der Waals surface area (Å²) in [5.74, 6) is 0. The molecule has 0 aromatic rings. The van der Waals surface area contributed by atoms with E-state index in [2.05, 4.69) is 38.8 Å². The zero-order chi connectivity index (χ0) is 24.5. The summed E-state index contributed by atoms with van der Waals surface area (Å²) in [7, 11) is 0.271. The lowest BCUT2D eigenvalue weighted by atomic mass is 10.0. The minimum absolute atomic E-state index is 0.0909. The van der Waals surface area contributed by atoms with Crippen molar-refractivity contribution in [3.63, 3.8) is 0 Å². The maximum Gasteiger partial charge on any atom is 0.191 e. The summed E-state index contributed by atoms with van der Waals surface area (Å²) in [6.45, 7) is 15.7. The molecule has 0 aromatic heterocycles. The van der Waals surface area contributed by atoms with E-state index in [1.54, 1.807) is 0 Å². The molecule has 0 unspecified atom stereocenters. The van der Waals surface area contributed by atoms with Crippen molar-refractivity contribution in [2.75, 3.05) is 79.7 Å². The van der Waals surface area contributed by atoms with Crippen LogP contribution in [-0.4, -0.2) is 114 Å². The smallest absolute Gasteiger partial charge is 0.191 e. The first-order chi connectivity index (χ1) is 15.1. The van der Waals surface area contributed by atoms with Crippen LogP contribution in [0.3, 0.4) is 0 Å². The Hall–Kier alpha value is -0.103. The molecule has 0 fully saturated rings. The van der Waals surface area contributed by atoms with Crippen LogP contribution in [-0.2, 0) is 18.6 Å².